The highest BCUT2D eigenvalue weighted by atomic mass is 35.5. The van der Waals surface area contributed by atoms with Gasteiger partial charge in [0.2, 0.25) is 0 Å². The average molecular weight is 358 g/mol. The van der Waals surface area contributed by atoms with E-state index in [1.165, 1.54) is 5.39 Å². The van der Waals surface area contributed by atoms with Gasteiger partial charge in [0.1, 0.15) is 11.9 Å². The van der Waals surface area contributed by atoms with Crippen LogP contribution < -0.4 is 10.1 Å². The van der Waals surface area contributed by atoms with Crippen molar-refractivity contribution in [3.05, 3.63) is 78.4 Å². The normalized spacial score (nSPS) is 13.0. The van der Waals surface area contributed by atoms with Crippen molar-refractivity contribution in [3.8, 4) is 5.75 Å². The van der Waals surface area contributed by atoms with Gasteiger partial charge in [-0.1, -0.05) is 66.7 Å². The Hall–Kier alpha value is -2.07. The van der Waals surface area contributed by atoms with Crippen molar-refractivity contribution in [2.24, 2.45) is 0 Å². The van der Waals surface area contributed by atoms with Crippen molar-refractivity contribution < 1.29 is 9.47 Å². The first-order chi connectivity index (χ1) is 11.8. The van der Waals surface area contributed by atoms with Gasteiger partial charge in [-0.15, -0.1) is 12.4 Å². The largest absolute Gasteiger partial charge is 0.482 e. The highest BCUT2D eigenvalue weighted by molar-refractivity contribution is 5.88. The Morgan fingerprint density at radius 2 is 1.56 bits per heavy atom. The lowest BCUT2D eigenvalue weighted by Gasteiger charge is -2.28. The number of ether oxygens (including phenoxy) is 2. The van der Waals surface area contributed by atoms with Gasteiger partial charge < -0.3 is 14.8 Å². The topological polar surface area (TPSA) is 30.5 Å². The quantitative estimate of drug-likeness (QED) is 0.669. The van der Waals surface area contributed by atoms with Gasteiger partial charge >= 0.3 is 0 Å². The van der Waals surface area contributed by atoms with Gasteiger partial charge in [-0.3, -0.25) is 0 Å². The maximum Gasteiger partial charge on any atom is 0.151 e. The Morgan fingerprint density at radius 3 is 2.28 bits per heavy atom. The van der Waals surface area contributed by atoms with Crippen LogP contribution >= 0.6 is 12.4 Å². The summed E-state index contributed by atoms with van der Waals surface area (Å²) in [6.07, 6.45) is -0.272. The molecule has 2 unspecified atom stereocenters. The number of methoxy groups -OCH3 is 1. The van der Waals surface area contributed by atoms with Gasteiger partial charge in [0.25, 0.3) is 0 Å². The summed E-state index contributed by atoms with van der Waals surface area (Å²) in [6, 6.07) is 24.6. The van der Waals surface area contributed by atoms with Crippen LogP contribution in [0.4, 0.5) is 0 Å². The molecule has 0 amide bonds. The zero-order valence-corrected chi connectivity index (χ0v) is 15.3. The summed E-state index contributed by atoms with van der Waals surface area (Å²) in [5.74, 6) is 0.875. The summed E-state index contributed by atoms with van der Waals surface area (Å²) in [5.41, 5.74) is 1.10. The van der Waals surface area contributed by atoms with Crippen LogP contribution in [0.5, 0.6) is 5.75 Å². The van der Waals surface area contributed by atoms with Crippen LogP contribution in [0.2, 0.25) is 0 Å². The van der Waals surface area contributed by atoms with Crippen LogP contribution in [-0.2, 0) is 4.74 Å². The summed E-state index contributed by atoms with van der Waals surface area (Å²) < 4.78 is 12.2. The van der Waals surface area contributed by atoms with E-state index in [-0.39, 0.29) is 24.6 Å². The Kier molecular flexibility index (Phi) is 7.26. The van der Waals surface area contributed by atoms with E-state index in [1.54, 1.807) is 7.11 Å². The minimum atomic E-state index is -0.186. The fraction of sp³-hybridized carbons (Fsp3) is 0.238. The third-order valence-electron chi connectivity index (χ3n) is 4.18. The number of rotatable bonds is 7. The molecule has 3 rings (SSSR count). The predicted octanol–water partition coefficient (Wildman–Crippen LogP) is 4.62. The molecule has 0 spiro atoms. The monoisotopic (exact) mass is 357 g/mol. The fourth-order valence-electron chi connectivity index (χ4n) is 2.95. The second-order valence-electron chi connectivity index (χ2n) is 5.76. The van der Waals surface area contributed by atoms with Crippen molar-refractivity contribution >= 4 is 23.2 Å². The zero-order valence-electron chi connectivity index (χ0n) is 14.5. The second kappa shape index (κ2) is 9.42. The third-order valence-corrected chi connectivity index (χ3v) is 4.18. The lowest BCUT2D eigenvalue weighted by Crippen LogP contribution is -2.34. The van der Waals surface area contributed by atoms with Crippen molar-refractivity contribution in [1.29, 1.82) is 0 Å². The molecule has 132 valence electrons. The molecule has 3 nitrogen and oxygen atoms in total. The summed E-state index contributed by atoms with van der Waals surface area (Å²) >= 11 is 0. The summed E-state index contributed by atoms with van der Waals surface area (Å²) in [5, 5.41) is 5.47. The van der Waals surface area contributed by atoms with E-state index in [2.05, 4.69) is 35.6 Å². The molecule has 2 atom stereocenters. The molecule has 3 aromatic carbocycles. The van der Waals surface area contributed by atoms with Gasteiger partial charge in [0.15, 0.2) is 6.10 Å². The first kappa shape index (κ1) is 19.3. The second-order valence-corrected chi connectivity index (χ2v) is 5.76. The van der Waals surface area contributed by atoms with E-state index in [0.29, 0.717) is 6.54 Å². The molecule has 25 heavy (non-hydrogen) atoms. The standard InChI is InChI=1S/C21H23NO2.ClH/c1-22-15-20(23-2)21(17-10-4-3-5-11-17)24-19-14-8-12-16-9-6-7-13-18(16)19;/h3-14,20-22H,15H2,1-2H3;1H. The molecule has 0 aromatic heterocycles. The molecule has 0 aliphatic rings. The van der Waals surface area contributed by atoms with Gasteiger partial charge in [-0.2, -0.15) is 0 Å². The predicted molar refractivity (Wildman–Crippen MR) is 106 cm³/mol. The van der Waals surface area contributed by atoms with Gasteiger partial charge in [-0.25, -0.2) is 0 Å². The number of fused-ring (bicyclic) bond motifs is 1. The molecular weight excluding hydrogens is 334 g/mol. The van der Waals surface area contributed by atoms with Crippen molar-refractivity contribution in [2.75, 3.05) is 20.7 Å². The molecule has 3 aromatic rings. The Balaban J connectivity index is 0.00000225. The van der Waals surface area contributed by atoms with Crippen LogP contribution in [0.25, 0.3) is 10.8 Å². The minimum Gasteiger partial charge on any atom is -0.482 e. The number of halogens is 1. The summed E-state index contributed by atoms with van der Waals surface area (Å²) in [4.78, 5) is 0. The van der Waals surface area contributed by atoms with Crippen LogP contribution in [-0.4, -0.2) is 26.8 Å². The molecule has 4 heteroatoms. The first-order valence-corrected chi connectivity index (χ1v) is 8.20. The highest BCUT2D eigenvalue weighted by Crippen LogP contribution is 2.31. The van der Waals surface area contributed by atoms with Crippen LogP contribution in [0.1, 0.15) is 11.7 Å². The van der Waals surface area contributed by atoms with E-state index in [0.717, 1.165) is 16.7 Å². The highest BCUT2D eigenvalue weighted by Gasteiger charge is 2.25. The van der Waals surface area contributed by atoms with Gasteiger partial charge in [0, 0.05) is 19.0 Å². The molecule has 0 radical (unpaired) electrons. The van der Waals surface area contributed by atoms with Gasteiger partial charge in [-0.05, 0) is 24.1 Å². The fourth-order valence-corrected chi connectivity index (χ4v) is 2.95. The zero-order chi connectivity index (χ0) is 16.8. The molecule has 0 heterocycles. The lowest BCUT2D eigenvalue weighted by atomic mass is 10.0. The van der Waals surface area contributed by atoms with E-state index >= 15 is 0 Å². The van der Waals surface area contributed by atoms with Crippen LogP contribution in [0.15, 0.2) is 72.8 Å². The molecule has 0 fully saturated rings. The van der Waals surface area contributed by atoms with E-state index in [1.807, 2.05) is 49.5 Å². The van der Waals surface area contributed by atoms with Crippen molar-refractivity contribution in [3.63, 3.8) is 0 Å². The summed E-state index contributed by atoms with van der Waals surface area (Å²) in [6.45, 7) is 0.709. The van der Waals surface area contributed by atoms with E-state index < -0.39 is 0 Å². The molecule has 0 saturated carbocycles. The maximum atomic E-state index is 6.45. The lowest BCUT2D eigenvalue weighted by molar-refractivity contribution is 0.00328. The van der Waals surface area contributed by atoms with Gasteiger partial charge in [0.05, 0.1) is 0 Å². The maximum absolute atomic E-state index is 6.45. The summed E-state index contributed by atoms with van der Waals surface area (Å²) in [7, 11) is 3.65. The van der Waals surface area contributed by atoms with E-state index in [4.69, 9.17) is 9.47 Å². The average Bonchev–Trinajstić information content (AvgIpc) is 2.65. The number of hydrogen-bond donors (Lipinski definition) is 1. The Morgan fingerprint density at radius 1 is 0.880 bits per heavy atom. The first-order valence-electron chi connectivity index (χ1n) is 8.20. The minimum absolute atomic E-state index is 0. The third kappa shape index (κ3) is 4.51. The van der Waals surface area contributed by atoms with Crippen molar-refractivity contribution in [2.45, 2.75) is 12.2 Å². The molecular formula is C21H24ClNO2. The SMILES string of the molecule is CNCC(OC)C(Oc1cccc2ccccc12)c1ccccc1.Cl. The van der Waals surface area contributed by atoms with E-state index in [9.17, 15) is 0 Å². The molecule has 0 saturated heterocycles. The number of nitrogens with one attached hydrogen (secondary N) is 1. The Bertz CT molecular complexity index is 774. The number of hydrogen-bond acceptors (Lipinski definition) is 3. The molecule has 1 N–H and O–H groups in total. The molecule has 0 aliphatic carbocycles. The number of benzene rings is 3. The number of likely N-dealkylation sites (N-methyl/N-ethyl adjacent to an activating group) is 1. The molecule has 0 aliphatic heterocycles. The smallest absolute Gasteiger partial charge is 0.151 e. The molecule has 0 bridgehead atoms. The van der Waals surface area contributed by atoms with Crippen LogP contribution in [0, 0.1) is 0 Å². The Labute approximate surface area is 155 Å². The van der Waals surface area contributed by atoms with Crippen LogP contribution in [0.3, 0.4) is 0 Å². The van der Waals surface area contributed by atoms with Crippen molar-refractivity contribution in [1.82, 2.24) is 5.32 Å².